The molecule has 0 spiro atoms. The Morgan fingerprint density at radius 3 is 2.85 bits per heavy atom. The van der Waals surface area contributed by atoms with Gasteiger partial charge >= 0.3 is 0 Å². The SMILES string of the molecule is Clc1cnc(-c2cccc(Br)c2)o1. The van der Waals surface area contributed by atoms with Gasteiger partial charge in [0.1, 0.15) is 0 Å². The van der Waals surface area contributed by atoms with E-state index in [4.69, 9.17) is 16.0 Å². The van der Waals surface area contributed by atoms with E-state index in [0.29, 0.717) is 11.1 Å². The lowest BCUT2D eigenvalue weighted by Gasteiger charge is -1.94. The summed E-state index contributed by atoms with van der Waals surface area (Å²) in [5.41, 5.74) is 0.904. The van der Waals surface area contributed by atoms with Crippen LogP contribution in [0.25, 0.3) is 11.5 Å². The van der Waals surface area contributed by atoms with Gasteiger partial charge < -0.3 is 4.42 Å². The van der Waals surface area contributed by atoms with Crippen LogP contribution < -0.4 is 0 Å². The number of rotatable bonds is 1. The highest BCUT2D eigenvalue weighted by atomic mass is 79.9. The van der Waals surface area contributed by atoms with Crippen molar-refractivity contribution in [2.75, 3.05) is 0 Å². The fourth-order valence-electron chi connectivity index (χ4n) is 1.01. The molecule has 0 fully saturated rings. The largest absolute Gasteiger partial charge is 0.425 e. The van der Waals surface area contributed by atoms with E-state index in [1.165, 1.54) is 6.20 Å². The van der Waals surface area contributed by atoms with E-state index in [1.807, 2.05) is 24.3 Å². The van der Waals surface area contributed by atoms with E-state index in [0.717, 1.165) is 10.0 Å². The van der Waals surface area contributed by atoms with Crippen LogP contribution in [0.15, 0.2) is 39.4 Å². The summed E-state index contributed by atoms with van der Waals surface area (Å²) in [7, 11) is 0. The molecule has 2 rings (SSSR count). The lowest BCUT2D eigenvalue weighted by atomic mass is 10.2. The Bertz CT molecular complexity index is 427. The van der Waals surface area contributed by atoms with E-state index in [1.54, 1.807) is 0 Å². The maximum Gasteiger partial charge on any atom is 0.228 e. The molecule has 0 radical (unpaired) electrons. The Hall–Kier alpha value is -0.800. The molecule has 0 N–H and O–H groups in total. The monoisotopic (exact) mass is 257 g/mol. The molecule has 1 aromatic carbocycles. The van der Waals surface area contributed by atoms with Crippen LogP contribution >= 0.6 is 27.5 Å². The molecule has 1 aromatic heterocycles. The smallest absolute Gasteiger partial charge is 0.228 e. The Morgan fingerprint density at radius 1 is 1.38 bits per heavy atom. The third kappa shape index (κ3) is 1.92. The molecular formula is C9H5BrClNO. The van der Waals surface area contributed by atoms with Crippen molar-refractivity contribution in [3.8, 4) is 11.5 Å². The predicted octanol–water partition coefficient (Wildman–Crippen LogP) is 3.76. The van der Waals surface area contributed by atoms with Crippen molar-refractivity contribution in [1.82, 2.24) is 4.98 Å². The number of nitrogens with zero attached hydrogens (tertiary/aromatic N) is 1. The quantitative estimate of drug-likeness (QED) is 0.778. The summed E-state index contributed by atoms with van der Waals surface area (Å²) in [6, 6.07) is 7.68. The Labute approximate surface area is 88.7 Å². The molecule has 0 amide bonds. The van der Waals surface area contributed by atoms with Gasteiger partial charge in [-0.15, -0.1) is 0 Å². The van der Waals surface area contributed by atoms with Crippen molar-refractivity contribution >= 4 is 27.5 Å². The highest BCUT2D eigenvalue weighted by Gasteiger charge is 2.04. The molecule has 2 aromatic rings. The molecule has 0 aliphatic carbocycles. The summed E-state index contributed by atoms with van der Waals surface area (Å²) < 4.78 is 6.14. The second-order valence-electron chi connectivity index (χ2n) is 2.48. The molecule has 0 bridgehead atoms. The minimum atomic E-state index is 0.301. The zero-order valence-electron chi connectivity index (χ0n) is 6.50. The number of benzene rings is 1. The lowest BCUT2D eigenvalue weighted by molar-refractivity contribution is 0.576. The summed E-state index contributed by atoms with van der Waals surface area (Å²) in [5, 5.41) is 0.301. The van der Waals surface area contributed by atoms with E-state index in [-0.39, 0.29) is 0 Å². The van der Waals surface area contributed by atoms with Crippen molar-refractivity contribution in [3.05, 3.63) is 40.2 Å². The first kappa shape index (κ1) is 8.78. The minimum absolute atomic E-state index is 0.301. The maximum atomic E-state index is 5.61. The summed E-state index contributed by atoms with van der Waals surface area (Å²) in [5.74, 6) is 0.534. The molecule has 0 saturated carbocycles. The topological polar surface area (TPSA) is 26.0 Å². The first-order chi connectivity index (χ1) is 6.25. The molecule has 66 valence electrons. The predicted molar refractivity (Wildman–Crippen MR) is 54.6 cm³/mol. The van der Waals surface area contributed by atoms with Gasteiger partial charge in [-0.05, 0) is 29.8 Å². The summed E-state index contributed by atoms with van der Waals surface area (Å²) in [4.78, 5) is 4.01. The van der Waals surface area contributed by atoms with Crippen LogP contribution in [0.2, 0.25) is 5.22 Å². The van der Waals surface area contributed by atoms with Crippen LogP contribution in [-0.4, -0.2) is 4.98 Å². The van der Waals surface area contributed by atoms with Gasteiger partial charge in [0.25, 0.3) is 0 Å². The van der Waals surface area contributed by atoms with Crippen LogP contribution in [0.5, 0.6) is 0 Å². The first-order valence-electron chi connectivity index (χ1n) is 3.63. The molecule has 2 nitrogen and oxygen atoms in total. The molecule has 1 heterocycles. The van der Waals surface area contributed by atoms with Crippen LogP contribution in [0.3, 0.4) is 0 Å². The summed E-state index contributed by atoms with van der Waals surface area (Å²) in [6.45, 7) is 0. The van der Waals surface area contributed by atoms with Crippen molar-refractivity contribution in [2.45, 2.75) is 0 Å². The van der Waals surface area contributed by atoms with Crippen LogP contribution in [0, 0.1) is 0 Å². The zero-order chi connectivity index (χ0) is 9.26. The fourth-order valence-corrected chi connectivity index (χ4v) is 1.53. The molecule has 0 aliphatic rings. The van der Waals surface area contributed by atoms with Crippen molar-refractivity contribution in [2.24, 2.45) is 0 Å². The second kappa shape index (κ2) is 3.52. The van der Waals surface area contributed by atoms with Gasteiger partial charge in [0.15, 0.2) is 0 Å². The Kier molecular flexibility index (Phi) is 2.38. The Balaban J connectivity index is 2.46. The average Bonchev–Trinajstić information content (AvgIpc) is 2.52. The fraction of sp³-hybridized carbons (Fsp3) is 0. The first-order valence-corrected chi connectivity index (χ1v) is 4.80. The summed E-state index contributed by atoms with van der Waals surface area (Å²) in [6.07, 6.45) is 1.48. The van der Waals surface area contributed by atoms with E-state index >= 15 is 0 Å². The van der Waals surface area contributed by atoms with Gasteiger partial charge in [-0.1, -0.05) is 22.0 Å². The van der Waals surface area contributed by atoms with Crippen molar-refractivity contribution < 1.29 is 4.42 Å². The van der Waals surface area contributed by atoms with Gasteiger partial charge in [0.2, 0.25) is 11.1 Å². The lowest BCUT2D eigenvalue weighted by Crippen LogP contribution is -1.75. The van der Waals surface area contributed by atoms with E-state index in [9.17, 15) is 0 Å². The highest BCUT2D eigenvalue weighted by Crippen LogP contribution is 2.23. The Morgan fingerprint density at radius 2 is 2.23 bits per heavy atom. The van der Waals surface area contributed by atoms with Gasteiger partial charge in [-0.25, -0.2) is 4.98 Å². The van der Waals surface area contributed by atoms with Gasteiger partial charge in [-0.3, -0.25) is 0 Å². The number of halogens is 2. The van der Waals surface area contributed by atoms with Gasteiger partial charge in [0, 0.05) is 10.0 Å². The number of hydrogen-bond acceptors (Lipinski definition) is 2. The minimum Gasteiger partial charge on any atom is -0.425 e. The highest BCUT2D eigenvalue weighted by molar-refractivity contribution is 9.10. The maximum absolute atomic E-state index is 5.61. The van der Waals surface area contributed by atoms with E-state index < -0.39 is 0 Å². The van der Waals surface area contributed by atoms with Crippen molar-refractivity contribution in [1.29, 1.82) is 0 Å². The number of hydrogen-bond donors (Lipinski definition) is 0. The number of oxazole rings is 1. The zero-order valence-corrected chi connectivity index (χ0v) is 8.84. The molecule has 13 heavy (non-hydrogen) atoms. The van der Waals surface area contributed by atoms with Crippen LogP contribution in [-0.2, 0) is 0 Å². The number of aromatic nitrogens is 1. The molecule has 0 saturated heterocycles. The van der Waals surface area contributed by atoms with Crippen LogP contribution in [0.4, 0.5) is 0 Å². The normalized spacial score (nSPS) is 10.3. The third-order valence-corrected chi connectivity index (χ3v) is 2.22. The molecule has 4 heteroatoms. The average molecular weight is 259 g/mol. The summed E-state index contributed by atoms with van der Waals surface area (Å²) >= 11 is 8.97. The second-order valence-corrected chi connectivity index (χ2v) is 3.77. The van der Waals surface area contributed by atoms with E-state index in [2.05, 4.69) is 20.9 Å². The molecule has 0 unspecified atom stereocenters. The van der Waals surface area contributed by atoms with Gasteiger partial charge in [0.05, 0.1) is 6.20 Å². The molecule has 0 aliphatic heterocycles. The van der Waals surface area contributed by atoms with Crippen molar-refractivity contribution in [3.63, 3.8) is 0 Å². The molecular weight excluding hydrogens is 253 g/mol. The standard InChI is InChI=1S/C9H5BrClNO/c10-7-3-1-2-6(4-7)9-12-5-8(11)13-9/h1-5H. The molecule has 0 atom stereocenters. The van der Waals surface area contributed by atoms with Crippen LogP contribution in [0.1, 0.15) is 0 Å². The third-order valence-electron chi connectivity index (χ3n) is 1.55. The van der Waals surface area contributed by atoms with Gasteiger partial charge in [-0.2, -0.15) is 0 Å².